The smallest absolute Gasteiger partial charge is 0.343 e. The van der Waals surface area contributed by atoms with Crippen LogP contribution in [0, 0.1) is 0 Å². The van der Waals surface area contributed by atoms with Crippen LogP contribution >= 0.6 is 0 Å². The van der Waals surface area contributed by atoms with Crippen molar-refractivity contribution < 1.29 is 28.5 Å². The number of rotatable bonds is 4. The summed E-state index contributed by atoms with van der Waals surface area (Å²) in [6.07, 6.45) is 0. The molecule has 7 heteroatoms. The van der Waals surface area contributed by atoms with E-state index in [1.54, 1.807) is 18.2 Å². The highest BCUT2D eigenvalue weighted by Gasteiger charge is 2.17. The van der Waals surface area contributed by atoms with E-state index in [9.17, 15) is 14.7 Å². The molecule has 2 aromatic carbocycles. The van der Waals surface area contributed by atoms with Crippen LogP contribution in [0.2, 0.25) is 0 Å². The number of carbonyl (C=O) groups excluding carboxylic acids is 1. The normalized spacial score (nSPS) is 10.5. The van der Waals surface area contributed by atoms with E-state index in [-0.39, 0.29) is 28.6 Å². The molecule has 1 N–H and O–H groups in total. The Bertz CT molecular complexity index is 979. The molecule has 0 aliphatic carbocycles. The van der Waals surface area contributed by atoms with Crippen LogP contribution in [0.15, 0.2) is 51.7 Å². The second-order valence-electron chi connectivity index (χ2n) is 5.07. The van der Waals surface area contributed by atoms with Crippen molar-refractivity contribution in [2.24, 2.45) is 0 Å². The Kier molecular flexibility index (Phi) is 4.30. The lowest BCUT2D eigenvalue weighted by atomic mass is 10.2. The van der Waals surface area contributed by atoms with Crippen molar-refractivity contribution in [2.45, 2.75) is 0 Å². The minimum atomic E-state index is -0.686. The fourth-order valence-corrected chi connectivity index (χ4v) is 2.28. The van der Waals surface area contributed by atoms with Crippen LogP contribution in [-0.4, -0.2) is 25.3 Å². The summed E-state index contributed by atoms with van der Waals surface area (Å²) in [4.78, 5) is 23.6. The Morgan fingerprint density at radius 3 is 2.28 bits per heavy atom. The highest BCUT2D eigenvalue weighted by molar-refractivity contribution is 5.93. The van der Waals surface area contributed by atoms with Gasteiger partial charge in [0.15, 0.2) is 11.5 Å². The summed E-state index contributed by atoms with van der Waals surface area (Å²) in [6, 6.07) is 10.3. The molecule has 128 valence electrons. The van der Waals surface area contributed by atoms with Crippen LogP contribution in [0.1, 0.15) is 10.4 Å². The maximum absolute atomic E-state index is 12.4. The van der Waals surface area contributed by atoms with Crippen LogP contribution < -0.4 is 19.8 Å². The highest BCUT2D eigenvalue weighted by Crippen LogP contribution is 2.37. The first-order valence-electron chi connectivity index (χ1n) is 7.23. The van der Waals surface area contributed by atoms with E-state index in [2.05, 4.69) is 0 Å². The lowest BCUT2D eigenvalue weighted by Crippen LogP contribution is -2.09. The van der Waals surface area contributed by atoms with E-state index in [0.717, 1.165) is 0 Å². The number of aromatic hydroxyl groups is 1. The van der Waals surface area contributed by atoms with Crippen LogP contribution in [-0.2, 0) is 0 Å². The Hall–Kier alpha value is -3.48. The number of hydrogen-bond donors (Lipinski definition) is 1. The zero-order valence-electron chi connectivity index (χ0n) is 13.4. The summed E-state index contributed by atoms with van der Waals surface area (Å²) in [6.45, 7) is 0. The molecule has 0 aliphatic heterocycles. The minimum Gasteiger partial charge on any atom is -0.502 e. The Morgan fingerprint density at radius 1 is 1.00 bits per heavy atom. The topological polar surface area (TPSA) is 95.2 Å². The van der Waals surface area contributed by atoms with Gasteiger partial charge in [-0.05, 0) is 30.3 Å². The highest BCUT2D eigenvalue weighted by atomic mass is 16.5. The molecular formula is C18H14O7. The zero-order chi connectivity index (χ0) is 18.0. The Balaban J connectivity index is 1.93. The molecule has 0 bridgehead atoms. The van der Waals surface area contributed by atoms with Gasteiger partial charge in [0.2, 0.25) is 5.75 Å². The van der Waals surface area contributed by atoms with Crippen molar-refractivity contribution in [2.75, 3.05) is 14.2 Å². The van der Waals surface area contributed by atoms with Gasteiger partial charge in [-0.15, -0.1) is 0 Å². The largest absolute Gasteiger partial charge is 0.502 e. The summed E-state index contributed by atoms with van der Waals surface area (Å²) >= 11 is 0. The van der Waals surface area contributed by atoms with E-state index in [4.69, 9.17) is 18.6 Å². The number of hydrogen-bond acceptors (Lipinski definition) is 7. The van der Waals surface area contributed by atoms with Gasteiger partial charge in [-0.2, -0.15) is 0 Å². The summed E-state index contributed by atoms with van der Waals surface area (Å²) < 4.78 is 20.4. The van der Waals surface area contributed by atoms with Crippen molar-refractivity contribution in [3.05, 3.63) is 58.4 Å². The van der Waals surface area contributed by atoms with Crippen molar-refractivity contribution >= 4 is 16.9 Å². The lowest BCUT2D eigenvalue weighted by molar-refractivity contribution is 0.0734. The molecule has 0 unspecified atom stereocenters. The molecule has 7 nitrogen and oxygen atoms in total. The molecule has 0 saturated heterocycles. The third-order valence-corrected chi connectivity index (χ3v) is 3.52. The van der Waals surface area contributed by atoms with Crippen molar-refractivity contribution in [1.82, 2.24) is 0 Å². The lowest BCUT2D eigenvalue weighted by Gasteiger charge is -2.11. The number of esters is 1. The van der Waals surface area contributed by atoms with E-state index >= 15 is 0 Å². The number of phenolic OH excluding ortho intramolecular Hbond substituents is 1. The first-order chi connectivity index (χ1) is 12.0. The molecule has 0 aliphatic rings. The fraction of sp³-hybridized carbons (Fsp3) is 0.111. The van der Waals surface area contributed by atoms with Crippen LogP contribution in [0.4, 0.5) is 0 Å². The van der Waals surface area contributed by atoms with Crippen LogP contribution in [0.3, 0.4) is 0 Å². The number of phenols is 1. The van der Waals surface area contributed by atoms with Gasteiger partial charge in [0.25, 0.3) is 0 Å². The molecule has 0 saturated carbocycles. The second kappa shape index (κ2) is 6.56. The number of benzene rings is 2. The minimum absolute atomic E-state index is 0.0795. The van der Waals surface area contributed by atoms with E-state index in [1.165, 1.54) is 38.5 Å². The molecule has 0 fully saturated rings. The van der Waals surface area contributed by atoms with Gasteiger partial charge in [-0.3, -0.25) is 0 Å². The SMILES string of the molecule is COc1cc(C(=O)Oc2ccc3ccc(=O)oc3c2)cc(OC)c1O. The van der Waals surface area contributed by atoms with E-state index in [0.29, 0.717) is 11.0 Å². The predicted octanol–water partition coefficient (Wildman–Crippen LogP) is 2.74. The summed E-state index contributed by atoms with van der Waals surface area (Å²) in [5.74, 6) is -0.535. The van der Waals surface area contributed by atoms with Gasteiger partial charge in [-0.1, -0.05) is 0 Å². The van der Waals surface area contributed by atoms with Gasteiger partial charge in [0, 0.05) is 17.5 Å². The first-order valence-corrected chi connectivity index (χ1v) is 7.23. The fourth-order valence-electron chi connectivity index (χ4n) is 2.28. The zero-order valence-corrected chi connectivity index (χ0v) is 13.4. The predicted molar refractivity (Wildman–Crippen MR) is 88.7 cm³/mol. The van der Waals surface area contributed by atoms with Crippen LogP contribution in [0.25, 0.3) is 11.0 Å². The van der Waals surface area contributed by atoms with Crippen molar-refractivity contribution in [3.8, 4) is 23.0 Å². The summed E-state index contributed by atoms with van der Waals surface area (Å²) in [5, 5.41) is 10.6. The average Bonchev–Trinajstić information content (AvgIpc) is 2.61. The van der Waals surface area contributed by atoms with E-state index < -0.39 is 11.6 Å². The van der Waals surface area contributed by atoms with Gasteiger partial charge < -0.3 is 23.7 Å². The second-order valence-corrected chi connectivity index (χ2v) is 5.07. The molecule has 3 aromatic rings. The molecule has 25 heavy (non-hydrogen) atoms. The van der Waals surface area contributed by atoms with Gasteiger partial charge in [-0.25, -0.2) is 9.59 Å². The molecule has 1 heterocycles. The molecule has 0 atom stereocenters. The third kappa shape index (κ3) is 3.25. The molecule has 0 spiro atoms. The Morgan fingerprint density at radius 2 is 1.64 bits per heavy atom. The maximum Gasteiger partial charge on any atom is 0.343 e. The number of ether oxygens (including phenoxy) is 3. The average molecular weight is 342 g/mol. The number of fused-ring (bicyclic) bond motifs is 1. The first kappa shape index (κ1) is 16.4. The van der Waals surface area contributed by atoms with Gasteiger partial charge >= 0.3 is 11.6 Å². The number of carbonyl (C=O) groups is 1. The van der Waals surface area contributed by atoms with Crippen molar-refractivity contribution in [3.63, 3.8) is 0 Å². The molecular weight excluding hydrogens is 328 g/mol. The third-order valence-electron chi connectivity index (χ3n) is 3.52. The molecule has 0 radical (unpaired) electrons. The molecule has 1 aromatic heterocycles. The van der Waals surface area contributed by atoms with Gasteiger partial charge in [0.05, 0.1) is 19.8 Å². The Labute approximate surface area is 142 Å². The standard InChI is InChI=1S/C18H14O7/c1-22-14-7-11(8-15(23-2)17(14)20)18(21)24-12-5-3-10-4-6-16(19)25-13(10)9-12/h3-9,20H,1-2H3. The van der Waals surface area contributed by atoms with E-state index in [1.807, 2.05) is 0 Å². The maximum atomic E-state index is 12.4. The molecule has 3 rings (SSSR count). The summed E-state index contributed by atoms with van der Waals surface area (Å²) in [7, 11) is 2.71. The number of methoxy groups -OCH3 is 2. The monoisotopic (exact) mass is 342 g/mol. The van der Waals surface area contributed by atoms with Gasteiger partial charge in [0.1, 0.15) is 11.3 Å². The molecule has 0 amide bonds. The summed E-state index contributed by atoms with van der Waals surface area (Å²) in [5.41, 5.74) is -0.0660. The quantitative estimate of drug-likeness (QED) is 0.442. The van der Waals surface area contributed by atoms with Crippen LogP contribution in [0.5, 0.6) is 23.0 Å². The van der Waals surface area contributed by atoms with Crippen molar-refractivity contribution in [1.29, 1.82) is 0 Å².